The van der Waals surface area contributed by atoms with Gasteiger partial charge < -0.3 is 4.74 Å². The molecular formula is C21H24ClN3O2. The van der Waals surface area contributed by atoms with E-state index in [0.717, 1.165) is 42.1 Å². The lowest BCUT2D eigenvalue weighted by Crippen LogP contribution is -2.34. The summed E-state index contributed by atoms with van der Waals surface area (Å²) in [6.07, 6.45) is 6.37. The molecule has 1 aliphatic rings. The summed E-state index contributed by atoms with van der Waals surface area (Å²) in [7, 11) is 0. The third-order valence-electron chi connectivity index (χ3n) is 4.59. The number of hydrogen-bond acceptors (Lipinski definition) is 3. The first-order valence-electron chi connectivity index (χ1n) is 8.96. The summed E-state index contributed by atoms with van der Waals surface area (Å²) in [5.41, 5.74) is 2.99. The summed E-state index contributed by atoms with van der Waals surface area (Å²) in [5.74, 6) is 0.737. The SMILES string of the molecule is C=C/C=C(\C=C)CN1CCc2[nH]n(CCOc3ccc(Cl)cc3)c(=O)c2C1. The Balaban J connectivity index is 1.61. The molecule has 1 N–H and O–H groups in total. The summed E-state index contributed by atoms with van der Waals surface area (Å²) in [5, 5.41) is 3.90. The molecule has 0 unspecified atom stereocenters. The van der Waals surface area contributed by atoms with Crippen LogP contribution < -0.4 is 10.3 Å². The number of rotatable bonds is 8. The number of hydrogen-bond donors (Lipinski definition) is 1. The van der Waals surface area contributed by atoms with Crippen molar-refractivity contribution in [3.63, 3.8) is 0 Å². The van der Waals surface area contributed by atoms with Gasteiger partial charge in [0.1, 0.15) is 12.4 Å². The second kappa shape index (κ2) is 8.93. The zero-order valence-corrected chi connectivity index (χ0v) is 16.0. The molecule has 0 atom stereocenters. The number of ether oxygens (including phenoxy) is 1. The van der Waals surface area contributed by atoms with E-state index in [0.29, 0.717) is 24.7 Å². The highest BCUT2D eigenvalue weighted by Crippen LogP contribution is 2.17. The molecule has 0 saturated carbocycles. The predicted molar refractivity (Wildman–Crippen MR) is 109 cm³/mol. The fraction of sp³-hybridized carbons (Fsp3) is 0.286. The van der Waals surface area contributed by atoms with Crippen LogP contribution in [-0.4, -0.2) is 34.4 Å². The average molecular weight is 386 g/mol. The van der Waals surface area contributed by atoms with Crippen LogP contribution in [0.4, 0.5) is 0 Å². The lowest BCUT2D eigenvalue weighted by molar-refractivity contribution is 0.276. The van der Waals surface area contributed by atoms with E-state index < -0.39 is 0 Å². The van der Waals surface area contributed by atoms with Crippen molar-refractivity contribution in [2.45, 2.75) is 19.5 Å². The minimum absolute atomic E-state index is 0.0299. The van der Waals surface area contributed by atoms with Crippen LogP contribution in [0.2, 0.25) is 5.02 Å². The summed E-state index contributed by atoms with van der Waals surface area (Å²) in [4.78, 5) is 15.0. The van der Waals surface area contributed by atoms with Gasteiger partial charge in [0.25, 0.3) is 5.56 Å². The van der Waals surface area contributed by atoms with E-state index in [-0.39, 0.29) is 5.56 Å². The Morgan fingerprint density at radius 3 is 2.78 bits per heavy atom. The standard InChI is InChI=1S/C21H24ClN3O2/c1-3-5-16(4-2)14-24-11-10-20-19(15-24)21(26)25(23-20)12-13-27-18-8-6-17(22)7-9-18/h3-9,23H,1-2,10-15H2/b16-5+. The minimum Gasteiger partial charge on any atom is -0.492 e. The van der Waals surface area contributed by atoms with E-state index in [1.807, 2.05) is 24.3 Å². The molecule has 0 spiro atoms. The molecule has 6 heteroatoms. The number of aromatic nitrogens is 2. The van der Waals surface area contributed by atoms with Crippen LogP contribution in [0.25, 0.3) is 0 Å². The zero-order chi connectivity index (χ0) is 19.2. The van der Waals surface area contributed by atoms with E-state index in [1.165, 1.54) is 0 Å². The Kier molecular flexibility index (Phi) is 6.37. The smallest absolute Gasteiger partial charge is 0.271 e. The van der Waals surface area contributed by atoms with Crippen LogP contribution in [-0.2, 0) is 19.5 Å². The summed E-state index contributed by atoms with van der Waals surface area (Å²) < 4.78 is 7.33. The fourth-order valence-corrected chi connectivity index (χ4v) is 3.31. The van der Waals surface area contributed by atoms with Gasteiger partial charge in [-0.25, -0.2) is 4.68 Å². The Morgan fingerprint density at radius 1 is 1.30 bits per heavy atom. The van der Waals surface area contributed by atoms with E-state index in [2.05, 4.69) is 23.2 Å². The van der Waals surface area contributed by atoms with E-state index >= 15 is 0 Å². The van der Waals surface area contributed by atoms with Crippen LogP contribution in [0.3, 0.4) is 0 Å². The third kappa shape index (κ3) is 4.81. The van der Waals surface area contributed by atoms with Gasteiger partial charge in [-0.3, -0.25) is 14.8 Å². The van der Waals surface area contributed by atoms with Gasteiger partial charge in [0.15, 0.2) is 0 Å². The molecule has 0 fully saturated rings. The number of halogens is 1. The number of allylic oxidation sites excluding steroid dienone is 2. The number of benzene rings is 1. The monoisotopic (exact) mass is 385 g/mol. The lowest BCUT2D eigenvalue weighted by atomic mass is 10.1. The first-order valence-corrected chi connectivity index (χ1v) is 9.34. The highest BCUT2D eigenvalue weighted by Gasteiger charge is 2.22. The van der Waals surface area contributed by atoms with Gasteiger partial charge in [-0.15, -0.1) is 0 Å². The predicted octanol–water partition coefficient (Wildman–Crippen LogP) is 3.57. The molecular weight excluding hydrogens is 362 g/mol. The highest BCUT2D eigenvalue weighted by molar-refractivity contribution is 6.30. The molecule has 0 aliphatic carbocycles. The number of fused-ring (bicyclic) bond motifs is 1. The van der Waals surface area contributed by atoms with Crippen molar-refractivity contribution in [3.8, 4) is 5.75 Å². The van der Waals surface area contributed by atoms with Crippen molar-refractivity contribution < 1.29 is 4.74 Å². The molecule has 1 aliphatic heterocycles. The molecule has 0 radical (unpaired) electrons. The topological polar surface area (TPSA) is 50.3 Å². The molecule has 1 aromatic heterocycles. The Bertz CT molecular complexity index is 893. The van der Waals surface area contributed by atoms with Crippen LogP contribution in [0.1, 0.15) is 11.3 Å². The van der Waals surface area contributed by atoms with Crippen LogP contribution >= 0.6 is 11.6 Å². The molecule has 142 valence electrons. The minimum atomic E-state index is 0.0299. The maximum atomic E-state index is 12.7. The average Bonchev–Trinajstić information content (AvgIpc) is 2.98. The second-order valence-corrected chi connectivity index (χ2v) is 6.91. The van der Waals surface area contributed by atoms with E-state index in [1.54, 1.807) is 22.9 Å². The Labute approximate surface area is 164 Å². The normalized spacial score (nSPS) is 14.6. The van der Waals surface area contributed by atoms with E-state index in [4.69, 9.17) is 16.3 Å². The van der Waals surface area contributed by atoms with Crippen molar-refractivity contribution >= 4 is 11.6 Å². The number of nitrogens with one attached hydrogen (secondary N) is 1. The second-order valence-electron chi connectivity index (χ2n) is 6.47. The van der Waals surface area contributed by atoms with Gasteiger partial charge in [-0.1, -0.05) is 43.0 Å². The maximum absolute atomic E-state index is 12.7. The van der Waals surface area contributed by atoms with Crippen LogP contribution in [0, 0.1) is 0 Å². The molecule has 2 aromatic rings. The molecule has 1 aromatic carbocycles. The molecule has 2 heterocycles. The molecule has 0 saturated heterocycles. The molecule has 27 heavy (non-hydrogen) atoms. The van der Waals surface area contributed by atoms with Crippen molar-refractivity contribution in [1.82, 2.24) is 14.7 Å². The van der Waals surface area contributed by atoms with Crippen molar-refractivity contribution in [2.24, 2.45) is 0 Å². The van der Waals surface area contributed by atoms with Crippen molar-refractivity contribution in [2.75, 3.05) is 19.7 Å². The summed E-state index contributed by atoms with van der Waals surface area (Å²) in [6, 6.07) is 7.19. The van der Waals surface area contributed by atoms with Crippen molar-refractivity contribution in [3.05, 3.63) is 87.9 Å². The molecule has 0 bridgehead atoms. The number of H-pyrrole nitrogens is 1. The lowest BCUT2D eigenvalue weighted by Gasteiger charge is -2.26. The summed E-state index contributed by atoms with van der Waals surface area (Å²) in [6.45, 7) is 10.8. The molecule has 0 amide bonds. The summed E-state index contributed by atoms with van der Waals surface area (Å²) >= 11 is 5.87. The Hall–Kier alpha value is -2.50. The van der Waals surface area contributed by atoms with Gasteiger partial charge in [-0.05, 0) is 29.8 Å². The van der Waals surface area contributed by atoms with Crippen molar-refractivity contribution in [1.29, 1.82) is 0 Å². The van der Waals surface area contributed by atoms with Crippen LogP contribution in [0.5, 0.6) is 5.75 Å². The molecule has 5 nitrogen and oxygen atoms in total. The maximum Gasteiger partial charge on any atom is 0.271 e. The highest BCUT2D eigenvalue weighted by atomic mass is 35.5. The fourth-order valence-electron chi connectivity index (χ4n) is 3.19. The van der Waals surface area contributed by atoms with Gasteiger partial charge >= 0.3 is 0 Å². The van der Waals surface area contributed by atoms with Gasteiger partial charge in [0.05, 0.1) is 12.1 Å². The van der Waals surface area contributed by atoms with E-state index in [9.17, 15) is 4.79 Å². The number of nitrogens with zero attached hydrogens (tertiary/aromatic N) is 2. The van der Waals surface area contributed by atoms with Gasteiger partial charge in [0.2, 0.25) is 0 Å². The zero-order valence-electron chi connectivity index (χ0n) is 15.3. The van der Waals surface area contributed by atoms with Gasteiger partial charge in [-0.2, -0.15) is 0 Å². The van der Waals surface area contributed by atoms with Gasteiger partial charge in [0, 0.05) is 36.8 Å². The largest absolute Gasteiger partial charge is 0.492 e. The number of aromatic amines is 1. The quantitative estimate of drug-likeness (QED) is 0.707. The first-order chi connectivity index (χ1) is 13.1. The van der Waals surface area contributed by atoms with Crippen LogP contribution in [0.15, 0.2) is 66.0 Å². The Morgan fingerprint density at radius 2 is 2.07 bits per heavy atom. The first kappa shape index (κ1) is 19.3. The molecule has 3 rings (SSSR count). The third-order valence-corrected chi connectivity index (χ3v) is 4.85.